The summed E-state index contributed by atoms with van der Waals surface area (Å²) in [7, 11) is 0. The molecule has 0 radical (unpaired) electrons. The van der Waals surface area contributed by atoms with Crippen molar-refractivity contribution < 1.29 is 22.7 Å². The van der Waals surface area contributed by atoms with Crippen LogP contribution in [0.2, 0.25) is 0 Å². The van der Waals surface area contributed by atoms with E-state index in [1.165, 1.54) is 40.8 Å². The summed E-state index contributed by atoms with van der Waals surface area (Å²) in [4.78, 5) is 23.7. The van der Waals surface area contributed by atoms with Crippen molar-refractivity contribution in [1.29, 1.82) is 5.26 Å². The van der Waals surface area contributed by atoms with Gasteiger partial charge in [-0.15, -0.1) is 18.3 Å². The Kier molecular flexibility index (Phi) is 9.96. The van der Waals surface area contributed by atoms with E-state index in [1.807, 2.05) is 0 Å². The van der Waals surface area contributed by atoms with Gasteiger partial charge in [0.2, 0.25) is 0 Å². The quantitative estimate of drug-likeness (QED) is 0.210. The highest BCUT2D eigenvalue weighted by Gasteiger charge is 2.31. The van der Waals surface area contributed by atoms with Crippen molar-refractivity contribution in [2.45, 2.75) is 45.4 Å². The number of nitrogens with one attached hydrogen (secondary N) is 1. The number of amides is 2. The third kappa shape index (κ3) is 8.06. The van der Waals surface area contributed by atoms with Crippen molar-refractivity contribution in [1.82, 2.24) is 20.1 Å². The molecule has 1 aliphatic heterocycles. The number of alkyl halides is 3. The van der Waals surface area contributed by atoms with Crippen LogP contribution in [-0.2, 0) is 0 Å². The Hall–Kier alpha value is -4.83. The lowest BCUT2D eigenvalue weighted by atomic mass is 9.98. The Morgan fingerprint density at radius 2 is 1.87 bits per heavy atom. The number of hydrogen-bond donors (Lipinski definition) is 1. The number of carbonyl (C=O) groups excluding carboxylic acids is 1. The minimum atomic E-state index is -4.77. The molecule has 2 heterocycles. The number of hydrogen-bond acceptors (Lipinski definition) is 6. The van der Waals surface area contributed by atoms with Crippen molar-refractivity contribution in [2.24, 2.45) is 4.99 Å². The number of aromatic nitrogens is 3. The standard InChI is InChI=1S/C33H32F3N7O2S/c1-21(2)28-14-5-22(3)17-29(28)42-15-4-16-46-32(42)40-31(44)38-19-25(18-37)23-6-8-24(9-7-23)30-39-20-43(41-30)26-10-12-27(13-11-26)45-33(34,35)36/h5-14,17,20-21,25H,4,15-16,19H2,1-3H3,(H,38,44). The van der Waals surface area contributed by atoms with E-state index in [2.05, 4.69) is 75.1 Å². The molecule has 0 spiro atoms. The largest absolute Gasteiger partial charge is 0.573 e. The fourth-order valence-corrected chi connectivity index (χ4v) is 5.94. The fraction of sp³-hybridized carbons (Fsp3) is 0.303. The second-order valence-electron chi connectivity index (χ2n) is 11.0. The van der Waals surface area contributed by atoms with Crippen LogP contribution < -0.4 is 15.0 Å². The third-order valence-electron chi connectivity index (χ3n) is 7.30. The summed E-state index contributed by atoms with van der Waals surface area (Å²) in [6.07, 6.45) is -2.34. The molecule has 4 aromatic rings. The van der Waals surface area contributed by atoms with Gasteiger partial charge >= 0.3 is 12.4 Å². The molecular weight excluding hydrogens is 615 g/mol. The first-order chi connectivity index (χ1) is 22.0. The first-order valence-corrected chi connectivity index (χ1v) is 15.6. The zero-order valence-corrected chi connectivity index (χ0v) is 26.3. The number of ether oxygens (including phenoxy) is 1. The molecular formula is C33H32F3N7O2S. The minimum Gasteiger partial charge on any atom is -0.406 e. The first-order valence-electron chi connectivity index (χ1n) is 14.7. The molecule has 5 rings (SSSR count). The number of aryl methyl sites for hydroxylation is 1. The normalized spacial score (nSPS) is 15.1. The molecule has 46 heavy (non-hydrogen) atoms. The lowest BCUT2D eigenvalue weighted by molar-refractivity contribution is -0.274. The molecule has 0 aliphatic carbocycles. The summed E-state index contributed by atoms with van der Waals surface area (Å²) >= 11 is 1.55. The van der Waals surface area contributed by atoms with Crippen molar-refractivity contribution in [3.05, 3.63) is 89.7 Å². The molecule has 0 saturated carbocycles. The summed E-state index contributed by atoms with van der Waals surface area (Å²) < 4.78 is 42.7. The van der Waals surface area contributed by atoms with Crippen molar-refractivity contribution in [2.75, 3.05) is 23.7 Å². The number of thioether (sulfide) groups is 1. The Bertz CT molecular complexity index is 1750. The Labute approximate surface area is 269 Å². The van der Waals surface area contributed by atoms with Gasteiger partial charge in [0.15, 0.2) is 11.0 Å². The highest BCUT2D eigenvalue weighted by atomic mass is 32.2. The predicted octanol–water partition coefficient (Wildman–Crippen LogP) is 7.58. The Morgan fingerprint density at radius 1 is 1.13 bits per heavy atom. The van der Waals surface area contributed by atoms with Crippen molar-refractivity contribution >= 4 is 28.6 Å². The number of anilines is 1. The van der Waals surface area contributed by atoms with Gasteiger partial charge in [-0.25, -0.2) is 14.5 Å². The molecule has 9 nitrogen and oxygen atoms in total. The number of urea groups is 1. The molecule has 1 fully saturated rings. The van der Waals surface area contributed by atoms with Gasteiger partial charge in [0.1, 0.15) is 12.1 Å². The topological polar surface area (TPSA) is 108 Å². The van der Waals surface area contributed by atoms with E-state index >= 15 is 0 Å². The number of aliphatic imine (C=N–C) groups is 1. The van der Waals surface area contributed by atoms with E-state index in [0.717, 1.165) is 30.0 Å². The van der Waals surface area contributed by atoms with Crippen molar-refractivity contribution in [3.8, 4) is 28.9 Å². The molecule has 13 heteroatoms. The molecule has 1 N–H and O–H groups in total. The molecule has 0 bridgehead atoms. The maximum atomic E-state index is 12.9. The van der Waals surface area contributed by atoms with E-state index < -0.39 is 18.3 Å². The second-order valence-corrected chi connectivity index (χ2v) is 12.1. The number of amidine groups is 1. The molecule has 238 valence electrons. The van der Waals surface area contributed by atoms with Crippen LogP contribution in [0, 0.1) is 18.3 Å². The number of nitriles is 1. The predicted molar refractivity (Wildman–Crippen MR) is 172 cm³/mol. The highest BCUT2D eigenvalue weighted by molar-refractivity contribution is 8.14. The van der Waals surface area contributed by atoms with E-state index in [0.29, 0.717) is 33.7 Å². The first kappa shape index (κ1) is 32.6. The second kappa shape index (κ2) is 14.1. The number of rotatable bonds is 8. The molecule has 1 unspecified atom stereocenters. The van der Waals surface area contributed by atoms with Crippen LogP contribution in [0.5, 0.6) is 5.75 Å². The molecule has 3 aromatic carbocycles. The Balaban J connectivity index is 1.23. The van der Waals surface area contributed by atoms with Crippen LogP contribution in [-0.4, -0.2) is 51.2 Å². The summed E-state index contributed by atoms with van der Waals surface area (Å²) in [6.45, 7) is 7.20. The monoisotopic (exact) mass is 647 g/mol. The highest BCUT2D eigenvalue weighted by Crippen LogP contribution is 2.33. The Morgan fingerprint density at radius 3 is 2.54 bits per heavy atom. The average Bonchev–Trinajstić information content (AvgIpc) is 3.52. The van der Waals surface area contributed by atoms with Gasteiger partial charge in [0, 0.05) is 30.1 Å². The van der Waals surface area contributed by atoms with Crippen LogP contribution in [0.25, 0.3) is 17.1 Å². The van der Waals surface area contributed by atoms with Gasteiger partial charge in [-0.3, -0.25) is 0 Å². The maximum absolute atomic E-state index is 12.9. The lowest BCUT2D eigenvalue weighted by Gasteiger charge is -2.32. The van der Waals surface area contributed by atoms with E-state index in [-0.39, 0.29) is 12.3 Å². The average molecular weight is 648 g/mol. The lowest BCUT2D eigenvalue weighted by Crippen LogP contribution is -2.37. The zero-order valence-electron chi connectivity index (χ0n) is 25.5. The minimum absolute atomic E-state index is 0.0821. The number of nitrogens with zero attached hydrogens (tertiary/aromatic N) is 6. The molecule has 1 aromatic heterocycles. The smallest absolute Gasteiger partial charge is 0.406 e. The third-order valence-corrected chi connectivity index (χ3v) is 8.36. The van der Waals surface area contributed by atoms with Crippen LogP contribution in [0.3, 0.4) is 0 Å². The van der Waals surface area contributed by atoms with Crippen molar-refractivity contribution in [3.63, 3.8) is 0 Å². The SMILES string of the molecule is Cc1ccc(C(C)C)c(N2CCCSC2=NC(=O)NCC(C#N)c2ccc(-c3ncn(-c4ccc(OC(F)(F)F)cc4)n3)cc2)c1. The number of halogens is 3. The van der Waals surface area contributed by atoms with Gasteiger partial charge in [0.05, 0.1) is 17.7 Å². The summed E-state index contributed by atoms with van der Waals surface area (Å²) in [6, 6.07) is 20.5. The maximum Gasteiger partial charge on any atom is 0.573 e. The van der Waals surface area contributed by atoms with Gasteiger partial charge in [-0.1, -0.05) is 62.0 Å². The van der Waals surface area contributed by atoms with Gasteiger partial charge in [-0.05, 0) is 66.3 Å². The van der Waals surface area contributed by atoms with Crippen LogP contribution >= 0.6 is 11.8 Å². The fourth-order valence-electron chi connectivity index (χ4n) is 4.99. The van der Waals surface area contributed by atoms with Crippen LogP contribution in [0.1, 0.15) is 48.8 Å². The zero-order chi connectivity index (χ0) is 32.8. The summed E-state index contributed by atoms with van der Waals surface area (Å²) in [5.74, 6) is 0.633. The summed E-state index contributed by atoms with van der Waals surface area (Å²) in [5.41, 5.74) is 5.29. The van der Waals surface area contributed by atoms with Gasteiger partial charge in [-0.2, -0.15) is 10.3 Å². The van der Waals surface area contributed by atoms with Gasteiger partial charge < -0.3 is 15.0 Å². The van der Waals surface area contributed by atoms with E-state index in [4.69, 9.17) is 0 Å². The molecule has 1 saturated heterocycles. The van der Waals surface area contributed by atoms with E-state index in [1.54, 1.807) is 36.0 Å². The van der Waals surface area contributed by atoms with E-state index in [9.17, 15) is 23.2 Å². The molecule has 1 atom stereocenters. The van der Waals surface area contributed by atoms with Crippen LogP contribution in [0.4, 0.5) is 23.7 Å². The summed E-state index contributed by atoms with van der Waals surface area (Å²) in [5, 5.41) is 17.7. The molecule has 2 amide bonds. The van der Waals surface area contributed by atoms with Crippen LogP contribution in [0.15, 0.2) is 78.0 Å². The number of carbonyl (C=O) groups is 1. The van der Waals surface area contributed by atoms with Gasteiger partial charge in [0.25, 0.3) is 0 Å². The number of benzene rings is 3. The molecule has 1 aliphatic rings.